The fourth-order valence-electron chi connectivity index (χ4n) is 1.82. The van der Waals surface area contributed by atoms with Gasteiger partial charge in [0.1, 0.15) is 0 Å². The van der Waals surface area contributed by atoms with Crippen LogP contribution in [0.5, 0.6) is 11.6 Å². The van der Waals surface area contributed by atoms with Crippen molar-refractivity contribution in [2.45, 2.75) is 33.3 Å². The predicted molar refractivity (Wildman–Crippen MR) is 75.5 cm³/mol. The lowest BCUT2D eigenvalue weighted by molar-refractivity contribution is 0.280. The van der Waals surface area contributed by atoms with Crippen LogP contribution in [0.1, 0.15) is 36.6 Å². The van der Waals surface area contributed by atoms with Crippen LogP contribution in [0.15, 0.2) is 30.3 Å². The SMILES string of the molecule is Cc1ccc(F)c(Oc2cc(CO)cc(C(C)C)n2)c1. The van der Waals surface area contributed by atoms with Gasteiger partial charge in [-0.3, -0.25) is 0 Å². The number of hydrogen-bond donors (Lipinski definition) is 1. The van der Waals surface area contributed by atoms with Crippen molar-refractivity contribution in [3.05, 3.63) is 53.0 Å². The van der Waals surface area contributed by atoms with Crippen LogP contribution in [0.3, 0.4) is 0 Å². The highest BCUT2D eigenvalue weighted by atomic mass is 19.1. The quantitative estimate of drug-likeness (QED) is 0.919. The first-order valence-electron chi connectivity index (χ1n) is 6.55. The topological polar surface area (TPSA) is 42.4 Å². The molecule has 106 valence electrons. The number of aliphatic hydroxyl groups excluding tert-OH is 1. The molecule has 3 nitrogen and oxygen atoms in total. The minimum atomic E-state index is -0.433. The molecule has 1 aromatic heterocycles. The Labute approximate surface area is 118 Å². The number of pyridine rings is 1. The minimum absolute atomic E-state index is 0.102. The molecular weight excluding hydrogens is 257 g/mol. The molecule has 1 aromatic carbocycles. The zero-order chi connectivity index (χ0) is 14.7. The number of rotatable bonds is 4. The van der Waals surface area contributed by atoms with Crippen molar-refractivity contribution in [3.8, 4) is 11.6 Å². The molecule has 0 fully saturated rings. The lowest BCUT2D eigenvalue weighted by atomic mass is 10.1. The first-order chi connectivity index (χ1) is 9.49. The lowest BCUT2D eigenvalue weighted by Crippen LogP contribution is -1.99. The highest BCUT2D eigenvalue weighted by Gasteiger charge is 2.10. The van der Waals surface area contributed by atoms with Gasteiger partial charge in [0, 0.05) is 11.8 Å². The number of aromatic nitrogens is 1. The van der Waals surface area contributed by atoms with Crippen molar-refractivity contribution in [2.24, 2.45) is 0 Å². The van der Waals surface area contributed by atoms with Crippen molar-refractivity contribution in [1.29, 1.82) is 0 Å². The summed E-state index contributed by atoms with van der Waals surface area (Å²) in [5, 5.41) is 9.28. The molecule has 0 atom stereocenters. The first-order valence-corrected chi connectivity index (χ1v) is 6.55. The normalized spacial score (nSPS) is 10.9. The summed E-state index contributed by atoms with van der Waals surface area (Å²) in [6, 6.07) is 8.11. The van der Waals surface area contributed by atoms with E-state index in [1.807, 2.05) is 26.8 Å². The van der Waals surface area contributed by atoms with Gasteiger partial charge < -0.3 is 9.84 Å². The third kappa shape index (κ3) is 3.33. The highest BCUT2D eigenvalue weighted by Crippen LogP contribution is 2.26. The van der Waals surface area contributed by atoms with E-state index in [9.17, 15) is 9.50 Å². The van der Waals surface area contributed by atoms with Gasteiger partial charge in [0.2, 0.25) is 5.88 Å². The Morgan fingerprint density at radius 1 is 1.25 bits per heavy atom. The van der Waals surface area contributed by atoms with Crippen LogP contribution in [0.2, 0.25) is 0 Å². The number of halogens is 1. The van der Waals surface area contributed by atoms with E-state index in [1.165, 1.54) is 6.07 Å². The monoisotopic (exact) mass is 275 g/mol. The Hall–Kier alpha value is -1.94. The largest absolute Gasteiger partial charge is 0.436 e. The maximum absolute atomic E-state index is 13.7. The third-order valence-corrected chi connectivity index (χ3v) is 2.96. The number of ether oxygens (including phenoxy) is 1. The molecule has 0 unspecified atom stereocenters. The van der Waals surface area contributed by atoms with Crippen molar-refractivity contribution in [1.82, 2.24) is 4.98 Å². The molecule has 1 heterocycles. The summed E-state index contributed by atoms with van der Waals surface area (Å²) >= 11 is 0. The zero-order valence-electron chi connectivity index (χ0n) is 11.9. The molecule has 4 heteroatoms. The fourth-order valence-corrected chi connectivity index (χ4v) is 1.82. The van der Waals surface area contributed by atoms with E-state index in [1.54, 1.807) is 18.2 Å². The molecule has 20 heavy (non-hydrogen) atoms. The summed E-state index contributed by atoms with van der Waals surface area (Å²) in [6.07, 6.45) is 0. The highest BCUT2D eigenvalue weighted by molar-refractivity contribution is 5.34. The van der Waals surface area contributed by atoms with Gasteiger partial charge in [-0.25, -0.2) is 9.37 Å². The van der Waals surface area contributed by atoms with E-state index in [2.05, 4.69) is 4.98 Å². The number of hydrogen-bond acceptors (Lipinski definition) is 3. The number of nitrogens with zero attached hydrogens (tertiary/aromatic N) is 1. The van der Waals surface area contributed by atoms with E-state index >= 15 is 0 Å². The Balaban J connectivity index is 2.37. The van der Waals surface area contributed by atoms with E-state index in [0.29, 0.717) is 11.4 Å². The van der Waals surface area contributed by atoms with Gasteiger partial charge >= 0.3 is 0 Å². The molecule has 2 aromatic rings. The van der Waals surface area contributed by atoms with E-state index in [0.717, 1.165) is 11.3 Å². The molecule has 1 N–H and O–H groups in total. The van der Waals surface area contributed by atoms with Crippen molar-refractivity contribution < 1.29 is 14.2 Å². The fraction of sp³-hybridized carbons (Fsp3) is 0.312. The number of benzene rings is 1. The van der Waals surface area contributed by atoms with Crippen LogP contribution in [0, 0.1) is 12.7 Å². The number of aryl methyl sites for hydroxylation is 1. The zero-order valence-corrected chi connectivity index (χ0v) is 11.9. The van der Waals surface area contributed by atoms with E-state index < -0.39 is 5.82 Å². The van der Waals surface area contributed by atoms with Gasteiger partial charge in [-0.15, -0.1) is 0 Å². The molecule has 0 aliphatic heterocycles. The molecule has 0 bridgehead atoms. The standard InChI is InChI=1S/C16H18FNO2/c1-10(2)14-7-12(9-19)8-16(18-14)20-15-6-11(3)4-5-13(15)17/h4-8,10,19H,9H2,1-3H3. The Morgan fingerprint density at radius 3 is 2.65 bits per heavy atom. The van der Waals surface area contributed by atoms with Crippen LogP contribution in [0.25, 0.3) is 0 Å². The van der Waals surface area contributed by atoms with Crippen LogP contribution in [0.4, 0.5) is 4.39 Å². The molecule has 0 aliphatic carbocycles. The molecular formula is C16H18FNO2. The number of aliphatic hydroxyl groups is 1. The molecule has 0 aliphatic rings. The minimum Gasteiger partial charge on any atom is -0.436 e. The summed E-state index contributed by atoms with van der Waals surface area (Å²) in [4.78, 5) is 4.35. The second kappa shape index (κ2) is 6.01. The van der Waals surface area contributed by atoms with Crippen molar-refractivity contribution in [2.75, 3.05) is 0 Å². The maximum Gasteiger partial charge on any atom is 0.219 e. The van der Waals surface area contributed by atoms with Gasteiger partial charge in [-0.05, 0) is 42.2 Å². The first kappa shape index (κ1) is 14.5. The van der Waals surface area contributed by atoms with Crippen LogP contribution < -0.4 is 4.74 Å². The van der Waals surface area contributed by atoms with E-state index in [4.69, 9.17) is 4.74 Å². The summed E-state index contributed by atoms with van der Waals surface area (Å²) in [5.41, 5.74) is 2.41. The van der Waals surface area contributed by atoms with Gasteiger partial charge in [0.25, 0.3) is 0 Å². The maximum atomic E-state index is 13.7. The second-order valence-corrected chi connectivity index (χ2v) is 5.09. The Bertz CT molecular complexity index is 611. The van der Waals surface area contributed by atoms with Gasteiger partial charge in [0.15, 0.2) is 11.6 Å². The van der Waals surface area contributed by atoms with Crippen molar-refractivity contribution in [3.63, 3.8) is 0 Å². The third-order valence-electron chi connectivity index (χ3n) is 2.96. The smallest absolute Gasteiger partial charge is 0.219 e. The molecule has 2 rings (SSSR count). The predicted octanol–water partition coefficient (Wildman–Crippen LogP) is 3.94. The molecule has 0 amide bonds. The summed E-state index contributed by atoms with van der Waals surface area (Å²) in [7, 11) is 0. The summed E-state index contributed by atoms with van der Waals surface area (Å²) < 4.78 is 19.2. The Kier molecular flexibility index (Phi) is 4.35. The van der Waals surface area contributed by atoms with Crippen LogP contribution in [-0.2, 0) is 6.61 Å². The average Bonchev–Trinajstić information content (AvgIpc) is 2.42. The molecule has 0 saturated carbocycles. The molecule has 0 spiro atoms. The molecule has 0 saturated heterocycles. The lowest BCUT2D eigenvalue weighted by Gasteiger charge is -2.11. The Morgan fingerprint density at radius 2 is 2.00 bits per heavy atom. The van der Waals surface area contributed by atoms with E-state index in [-0.39, 0.29) is 18.3 Å². The second-order valence-electron chi connectivity index (χ2n) is 5.09. The van der Waals surface area contributed by atoms with Gasteiger partial charge in [0.05, 0.1) is 6.61 Å². The van der Waals surface area contributed by atoms with Crippen LogP contribution in [-0.4, -0.2) is 10.1 Å². The van der Waals surface area contributed by atoms with Crippen molar-refractivity contribution >= 4 is 0 Å². The summed E-state index contributed by atoms with van der Waals surface area (Å²) in [5.74, 6) is 0.205. The molecule has 0 radical (unpaired) electrons. The van der Waals surface area contributed by atoms with Gasteiger partial charge in [-0.1, -0.05) is 19.9 Å². The average molecular weight is 275 g/mol. The van der Waals surface area contributed by atoms with Crippen LogP contribution >= 0.6 is 0 Å². The van der Waals surface area contributed by atoms with Gasteiger partial charge in [-0.2, -0.15) is 0 Å². The summed E-state index contributed by atoms with van der Waals surface area (Å²) in [6.45, 7) is 5.76.